The van der Waals surface area contributed by atoms with E-state index < -0.39 is 11.9 Å². The molecular weight excluding hydrogens is 426 g/mol. The molecule has 0 atom stereocenters. The SMILES string of the molecule is COc1cc(C(=O)N=Nc2ccc(NOC(=O)c3ccc(C)cc3)cc2)cc(OC)c1OC. The minimum absolute atomic E-state index is 0.231. The lowest BCUT2D eigenvalue weighted by Gasteiger charge is -2.12. The average molecular weight is 449 g/mol. The van der Waals surface area contributed by atoms with Gasteiger partial charge >= 0.3 is 5.97 Å². The summed E-state index contributed by atoms with van der Waals surface area (Å²) in [6, 6.07) is 16.5. The Bertz CT molecular complexity index is 1130. The van der Waals surface area contributed by atoms with E-state index in [1.54, 1.807) is 36.4 Å². The molecular formula is C24H23N3O6. The lowest BCUT2D eigenvalue weighted by Crippen LogP contribution is -2.10. The number of carbonyl (C=O) groups excluding carboxylic acids is 2. The average Bonchev–Trinajstić information content (AvgIpc) is 2.85. The molecule has 9 heteroatoms. The summed E-state index contributed by atoms with van der Waals surface area (Å²) in [6.07, 6.45) is 0. The van der Waals surface area contributed by atoms with Crippen molar-refractivity contribution >= 4 is 23.3 Å². The number of nitrogens with one attached hydrogen (secondary N) is 1. The third-order valence-electron chi connectivity index (χ3n) is 4.58. The first-order valence-electron chi connectivity index (χ1n) is 9.85. The van der Waals surface area contributed by atoms with Crippen LogP contribution >= 0.6 is 0 Å². The monoisotopic (exact) mass is 449 g/mol. The predicted octanol–water partition coefficient (Wildman–Crippen LogP) is 5.13. The Morgan fingerprint density at radius 3 is 1.94 bits per heavy atom. The lowest BCUT2D eigenvalue weighted by atomic mass is 10.1. The normalized spacial score (nSPS) is 10.5. The second-order valence-corrected chi connectivity index (χ2v) is 6.82. The van der Waals surface area contributed by atoms with Gasteiger partial charge in [-0.3, -0.25) is 4.79 Å². The molecule has 33 heavy (non-hydrogen) atoms. The van der Waals surface area contributed by atoms with Crippen LogP contribution in [0.5, 0.6) is 17.2 Å². The van der Waals surface area contributed by atoms with Crippen LogP contribution in [-0.2, 0) is 4.84 Å². The van der Waals surface area contributed by atoms with Crippen LogP contribution in [0.25, 0.3) is 0 Å². The van der Waals surface area contributed by atoms with Crippen molar-refractivity contribution in [2.45, 2.75) is 6.92 Å². The third kappa shape index (κ3) is 5.85. The summed E-state index contributed by atoms with van der Waals surface area (Å²) in [5.74, 6) is -0.0325. The molecule has 1 N–H and O–H groups in total. The molecule has 0 unspecified atom stereocenters. The number of nitrogens with zero attached hydrogens (tertiary/aromatic N) is 2. The first-order chi connectivity index (χ1) is 15.9. The first kappa shape index (κ1) is 23.3. The maximum absolute atomic E-state index is 12.5. The Morgan fingerprint density at radius 1 is 0.788 bits per heavy atom. The molecule has 0 spiro atoms. The van der Waals surface area contributed by atoms with Crippen molar-refractivity contribution in [2.24, 2.45) is 10.2 Å². The Morgan fingerprint density at radius 2 is 1.39 bits per heavy atom. The van der Waals surface area contributed by atoms with E-state index in [1.165, 1.54) is 33.5 Å². The molecule has 3 rings (SSSR count). The number of amides is 1. The van der Waals surface area contributed by atoms with E-state index >= 15 is 0 Å². The lowest BCUT2D eigenvalue weighted by molar-refractivity contribution is 0.0596. The molecule has 3 aromatic rings. The fourth-order valence-electron chi connectivity index (χ4n) is 2.82. The van der Waals surface area contributed by atoms with Gasteiger partial charge in [-0.05, 0) is 55.5 Å². The number of methoxy groups -OCH3 is 3. The summed E-state index contributed by atoms with van der Waals surface area (Å²) in [4.78, 5) is 29.6. The molecule has 170 valence electrons. The summed E-state index contributed by atoms with van der Waals surface area (Å²) in [6.45, 7) is 1.94. The van der Waals surface area contributed by atoms with Gasteiger partial charge in [0.15, 0.2) is 11.5 Å². The van der Waals surface area contributed by atoms with Crippen LogP contribution in [0.2, 0.25) is 0 Å². The molecule has 0 fully saturated rings. The molecule has 0 radical (unpaired) electrons. The number of carbonyl (C=O) groups is 2. The summed E-state index contributed by atoms with van der Waals surface area (Å²) >= 11 is 0. The van der Waals surface area contributed by atoms with Crippen LogP contribution < -0.4 is 19.7 Å². The van der Waals surface area contributed by atoms with Crippen LogP contribution in [0, 0.1) is 6.92 Å². The quantitative estimate of drug-likeness (QED) is 0.375. The van der Waals surface area contributed by atoms with Gasteiger partial charge in [-0.25, -0.2) is 10.3 Å². The van der Waals surface area contributed by atoms with Crippen LogP contribution in [-0.4, -0.2) is 33.2 Å². The number of benzene rings is 3. The molecule has 0 heterocycles. The Balaban J connectivity index is 1.63. The van der Waals surface area contributed by atoms with E-state index in [0.29, 0.717) is 34.2 Å². The number of hydrogen-bond acceptors (Lipinski definition) is 8. The highest BCUT2D eigenvalue weighted by Crippen LogP contribution is 2.38. The van der Waals surface area contributed by atoms with Gasteiger partial charge in [0.2, 0.25) is 5.75 Å². The van der Waals surface area contributed by atoms with Gasteiger partial charge in [-0.1, -0.05) is 17.7 Å². The molecule has 0 bridgehead atoms. The van der Waals surface area contributed by atoms with Crippen molar-refractivity contribution in [1.29, 1.82) is 0 Å². The molecule has 0 aliphatic carbocycles. The third-order valence-corrected chi connectivity index (χ3v) is 4.58. The van der Waals surface area contributed by atoms with Gasteiger partial charge in [0.25, 0.3) is 5.91 Å². The molecule has 9 nitrogen and oxygen atoms in total. The van der Waals surface area contributed by atoms with Gasteiger partial charge in [0, 0.05) is 0 Å². The van der Waals surface area contributed by atoms with Gasteiger partial charge in [0.05, 0.1) is 43.8 Å². The minimum Gasteiger partial charge on any atom is -0.493 e. The molecule has 0 saturated carbocycles. The summed E-state index contributed by atoms with van der Waals surface area (Å²) in [5.41, 5.74) is 5.27. The Kier molecular flexibility index (Phi) is 7.59. The van der Waals surface area contributed by atoms with Gasteiger partial charge in [-0.2, -0.15) is 0 Å². The number of ether oxygens (including phenoxy) is 3. The molecule has 0 aliphatic rings. The number of azo groups is 1. The van der Waals surface area contributed by atoms with E-state index in [1.807, 2.05) is 19.1 Å². The van der Waals surface area contributed by atoms with E-state index in [-0.39, 0.29) is 5.56 Å². The van der Waals surface area contributed by atoms with Crippen LogP contribution in [0.15, 0.2) is 70.9 Å². The number of hydrogen-bond donors (Lipinski definition) is 1. The van der Waals surface area contributed by atoms with Crippen LogP contribution in [0.4, 0.5) is 11.4 Å². The highest BCUT2D eigenvalue weighted by Gasteiger charge is 2.17. The fraction of sp³-hybridized carbons (Fsp3) is 0.167. The van der Waals surface area contributed by atoms with Gasteiger partial charge < -0.3 is 19.0 Å². The van der Waals surface area contributed by atoms with E-state index in [4.69, 9.17) is 19.0 Å². The maximum Gasteiger partial charge on any atom is 0.362 e. The zero-order chi connectivity index (χ0) is 23.8. The van der Waals surface area contributed by atoms with Crippen molar-refractivity contribution in [2.75, 3.05) is 26.8 Å². The minimum atomic E-state index is -0.580. The van der Waals surface area contributed by atoms with Crippen molar-refractivity contribution in [3.05, 3.63) is 77.4 Å². The van der Waals surface area contributed by atoms with E-state index in [2.05, 4.69) is 15.7 Å². The van der Waals surface area contributed by atoms with E-state index in [9.17, 15) is 9.59 Å². The number of aryl methyl sites for hydroxylation is 1. The topological polar surface area (TPSA) is 108 Å². The predicted molar refractivity (Wildman–Crippen MR) is 122 cm³/mol. The van der Waals surface area contributed by atoms with Crippen LogP contribution in [0.1, 0.15) is 26.3 Å². The number of rotatable bonds is 8. The van der Waals surface area contributed by atoms with Crippen molar-refractivity contribution in [3.63, 3.8) is 0 Å². The van der Waals surface area contributed by atoms with Gasteiger partial charge in [0.1, 0.15) is 0 Å². The van der Waals surface area contributed by atoms with Crippen molar-refractivity contribution in [1.82, 2.24) is 0 Å². The largest absolute Gasteiger partial charge is 0.493 e. The highest BCUT2D eigenvalue weighted by molar-refractivity contribution is 5.96. The maximum atomic E-state index is 12.5. The number of anilines is 1. The fourth-order valence-corrected chi connectivity index (χ4v) is 2.82. The summed E-state index contributed by atoms with van der Waals surface area (Å²) < 4.78 is 15.7. The molecule has 0 aliphatic heterocycles. The van der Waals surface area contributed by atoms with E-state index in [0.717, 1.165) is 5.56 Å². The standard InChI is InChI=1S/C24H23N3O6/c1-15-5-7-16(8-6-15)24(29)33-27-19-11-9-18(10-12-19)25-26-23(28)17-13-20(30-2)22(32-4)21(14-17)31-3/h5-14,27H,1-4H3. The zero-order valence-corrected chi connectivity index (χ0v) is 18.6. The zero-order valence-electron chi connectivity index (χ0n) is 18.6. The second-order valence-electron chi connectivity index (χ2n) is 6.82. The van der Waals surface area contributed by atoms with Crippen LogP contribution in [0.3, 0.4) is 0 Å². The van der Waals surface area contributed by atoms with Gasteiger partial charge in [-0.15, -0.1) is 10.2 Å². The Hall–Kier alpha value is -4.40. The molecule has 0 aromatic heterocycles. The highest BCUT2D eigenvalue weighted by atomic mass is 16.7. The summed E-state index contributed by atoms with van der Waals surface area (Å²) in [7, 11) is 4.39. The Labute approximate surface area is 190 Å². The molecule has 1 amide bonds. The van der Waals surface area contributed by atoms with Crippen molar-refractivity contribution in [3.8, 4) is 17.2 Å². The summed E-state index contributed by atoms with van der Waals surface area (Å²) in [5, 5.41) is 7.71. The second kappa shape index (κ2) is 10.8. The first-order valence-corrected chi connectivity index (χ1v) is 9.85. The van der Waals surface area contributed by atoms with Crippen molar-refractivity contribution < 1.29 is 28.6 Å². The molecule has 3 aromatic carbocycles. The smallest absolute Gasteiger partial charge is 0.362 e. The molecule has 0 saturated heterocycles.